The highest BCUT2D eigenvalue weighted by Gasteiger charge is 1.90. The molecule has 0 amide bonds. The van der Waals surface area contributed by atoms with Crippen molar-refractivity contribution in [2.24, 2.45) is 10.4 Å². The van der Waals surface area contributed by atoms with Crippen LogP contribution in [-0.2, 0) is 0 Å². The molecule has 1 rings (SSSR count). The zero-order valence-corrected chi connectivity index (χ0v) is 6.56. The van der Waals surface area contributed by atoms with Crippen LogP contribution < -0.4 is 4.84 Å². The molecule has 4 heteroatoms. The summed E-state index contributed by atoms with van der Waals surface area (Å²) < 4.78 is 0. The van der Waals surface area contributed by atoms with Crippen molar-refractivity contribution >= 4 is 0 Å². The van der Waals surface area contributed by atoms with Crippen molar-refractivity contribution in [1.82, 2.24) is 0 Å². The zero-order chi connectivity index (χ0) is 8.81. The molecule has 60 valence electrons. The van der Waals surface area contributed by atoms with E-state index in [2.05, 4.69) is 10.4 Å². The first-order valence-electron chi connectivity index (χ1n) is 3.36. The highest BCUT2D eigenvalue weighted by Crippen LogP contribution is 2.12. The van der Waals surface area contributed by atoms with Crippen molar-refractivity contribution in [2.75, 3.05) is 0 Å². The Kier molecular flexibility index (Phi) is 2.79. The summed E-state index contributed by atoms with van der Waals surface area (Å²) in [6, 6.07) is 7.32. The molecule has 0 aliphatic carbocycles. The molecule has 0 radical (unpaired) electrons. The number of benzene rings is 1. The maximum absolute atomic E-state index is 8.01. The molecule has 0 N–H and O–H groups in total. The summed E-state index contributed by atoms with van der Waals surface area (Å²) in [6.07, 6.45) is 1.49. The molecule has 0 heterocycles. The largest absolute Gasteiger partial charge is 0.339 e. The van der Waals surface area contributed by atoms with Gasteiger partial charge in [-0.1, -0.05) is 12.1 Å². The fourth-order valence-corrected chi connectivity index (χ4v) is 0.758. The molecular formula is C8H7N3O. The first-order valence-corrected chi connectivity index (χ1v) is 3.36. The Morgan fingerprint density at radius 3 is 3.00 bits per heavy atom. The molecule has 0 unspecified atom stereocenters. The van der Waals surface area contributed by atoms with Crippen molar-refractivity contribution in [3.05, 3.63) is 29.8 Å². The minimum atomic E-state index is 0.578. The van der Waals surface area contributed by atoms with E-state index in [1.807, 2.05) is 19.1 Å². The van der Waals surface area contributed by atoms with Crippen LogP contribution in [0.1, 0.15) is 5.56 Å². The fraction of sp³-hybridized carbons (Fsp3) is 0.125. The van der Waals surface area contributed by atoms with Gasteiger partial charge < -0.3 is 4.84 Å². The fourth-order valence-electron chi connectivity index (χ4n) is 0.758. The number of nitrogens with zero attached hydrogens (tertiary/aromatic N) is 3. The van der Waals surface area contributed by atoms with Crippen molar-refractivity contribution in [2.45, 2.75) is 6.92 Å². The predicted molar refractivity (Wildman–Crippen MR) is 42.3 cm³/mol. The van der Waals surface area contributed by atoms with Crippen molar-refractivity contribution < 1.29 is 4.84 Å². The quantitative estimate of drug-likeness (QED) is 0.379. The molecule has 0 bridgehead atoms. The second-order valence-electron chi connectivity index (χ2n) is 2.19. The minimum absolute atomic E-state index is 0.578. The molecular weight excluding hydrogens is 154 g/mol. The summed E-state index contributed by atoms with van der Waals surface area (Å²) in [4.78, 5) is 4.76. The van der Waals surface area contributed by atoms with E-state index in [1.54, 1.807) is 12.1 Å². The second kappa shape index (κ2) is 4.09. The van der Waals surface area contributed by atoms with Crippen molar-refractivity contribution in [1.29, 1.82) is 5.26 Å². The zero-order valence-electron chi connectivity index (χ0n) is 6.56. The Morgan fingerprint density at radius 1 is 1.50 bits per heavy atom. The first-order chi connectivity index (χ1) is 5.83. The first kappa shape index (κ1) is 8.21. The third-order valence-corrected chi connectivity index (χ3v) is 1.22. The van der Waals surface area contributed by atoms with E-state index in [1.165, 1.54) is 6.19 Å². The molecule has 0 aliphatic rings. The van der Waals surface area contributed by atoms with Gasteiger partial charge in [-0.05, 0) is 29.7 Å². The summed E-state index contributed by atoms with van der Waals surface area (Å²) in [5.41, 5.74) is 1.07. The molecule has 1 aromatic carbocycles. The van der Waals surface area contributed by atoms with Gasteiger partial charge in [0.15, 0.2) is 5.75 Å². The van der Waals surface area contributed by atoms with Crippen LogP contribution in [0.2, 0.25) is 0 Å². The highest BCUT2D eigenvalue weighted by molar-refractivity contribution is 5.27. The molecule has 0 fully saturated rings. The summed E-state index contributed by atoms with van der Waals surface area (Å²) in [7, 11) is 0. The van der Waals surface area contributed by atoms with Crippen LogP contribution in [0.25, 0.3) is 0 Å². The van der Waals surface area contributed by atoms with Crippen molar-refractivity contribution in [3.63, 3.8) is 0 Å². The van der Waals surface area contributed by atoms with Crippen LogP contribution in [-0.4, -0.2) is 0 Å². The second-order valence-corrected chi connectivity index (χ2v) is 2.19. The van der Waals surface area contributed by atoms with Gasteiger partial charge in [0.25, 0.3) is 0 Å². The number of hydrogen-bond acceptors (Lipinski definition) is 4. The number of hydrogen-bond donors (Lipinski definition) is 0. The van der Waals surface area contributed by atoms with E-state index in [-0.39, 0.29) is 0 Å². The molecule has 1 aromatic rings. The molecule has 0 aromatic heterocycles. The Labute approximate surface area is 70.1 Å². The standard InChI is InChI=1S/C8H7N3O/c1-7-3-2-4-8(5-7)12-11-10-6-9/h2-5H,1H3. The van der Waals surface area contributed by atoms with E-state index in [0.29, 0.717) is 5.75 Å². The minimum Gasteiger partial charge on any atom is -0.339 e. The lowest BCUT2D eigenvalue weighted by Crippen LogP contribution is -1.80. The van der Waals surface area contributed by atoms with Gasteiger partial charge in [0, 0.05) is 5.28 Å². The number of aryl methyl sites for hydroxylation is 1. The van der Waals surface area contributed by atoms with Crippen LogP contribution in [0.5, 0.6) is 5.75 Å². The van der Waals surface area contributed by atoms with Crippen molar-refractivity contribution in [3.8, 4) is 11.9 Å². The summed E-state index contributed by atoms with van der Waals surface area (Å²) >= 11 is 0. The third kappa shape index (κ3) is 2.39. The van der Waals surface area contributed by atoms with Gasteiger partial charge in [-0.25, -0.2) is 0 Å². The van der Waals surface area contributed by atoms with Crippen LogP contribution in [0.4, 0.5) is 0 Å². The van der Waals surface area contributed by atoms with E-state index in [9.17, 15) is 0 Å². The molecule has 0 saturated carbocycles. The lowest BCUT2D eigenvalue weighted by atomic mass is 10.2. The summed E-state index contributed by atoms with van der Waals surface area (Å²) in [5, 5.41) is 14.2. The van der Waals surface area contributed by atoms with Crippen LogP contribution in [0.15, 0.2) is 34.7 Å². The maximum Gasteiger partial charge on any atom is 0.228 e. The van der Waals surface area contributed by atoms with Crippen LogP contribution in [0, 0.1) is 18.4 Å². The number of rotatable bonds is 2. The van der Waals surface area contributed by atoms with Crippen LogP contribution in [0.3, 0.4) is 0 Å². The topological polar surface area (TPSA) is 57.7 Å². The van der Waals surface area contributed by atoms with Gasteiger partial charge in [-0.3, -0.25) is 0 Å². The van der Waals surface area contributed by atoms with E-state index in [4.69, 9.17) is 10.1 Å². The normalized spacial score (nSPS) is 9.67. The highest BCUT2D eigenvalue weighted by atomic mass is 16.6. The lowest BCUT2D eigenvalue weighted by molar-refractivity contribution is 0.312. The Balaban J connectivity index is 2.65. The van der Waals surface area contributed by atoms with Gasteiger partial charge in [0.2, 0.25) is 6.19 Å². The SMILES string of the molecule is Cc1cccc(ON=NC#N)c1. The van der Waals surface area contributed by atoms with Gasteiger partial charge >= 0.3 is 0 Å². The van der Waals surface area contributed by atoms with Gasteiger partial charge in [0.1, 0.15) is 0 Å². The Bertz CT molecular complexity index is 327. The summed E-state index contributed by atoms with van der Waals surface area (Å²) in [6.45, 7) is 1.94. The molecule has 0 aliphatic heterocycles. The molecule has 0 saturated heterocycles. The van der Waals surface area contributed by atoms with Gasteiger partial charge in [-0.2, -0.15) is 5.26 Å². The lowest BCUT2D eigenvalue weighted by Gasteiger charge is -1.95. The van der Waals surface area contributed by atoms with Gasteiger partial charge in [0.05, 0.1) is 0 Å². The number of nitriles is 1. The monoisotopic (exact) mass is 161 g/mol. The molecule has 0 spiro atoms. The van der Waals surface area contributed by atoms with E-state index >= 15 is 0 Å². The average molecular weight is 161 g/mol. The van der Waals surface area contributed by atoms with E-state index in [0.717, 1.165) is 5.56 Å². The Hall–Kier alpha value is -1.89. The molecule has 12 heavy (non-hydrogen) atoms. The Morgan fingerprint density at radius 2 is 2.33 bits per heavy atom. The van der Waals surface area contributed by atoms with E-state index < -0.39 is 0 Å². The van der Waals surface area contributed by atoms with Gasteiger partial charge in [-0.15, -0.1) is 0 Å². The summed E-state index contributed by atoms with van der Waals surface area (Å²) in [5.74, 6) is 0.578. The third-order valence-electron chi connectivity index (χ3n) is 1.22. The smallest absolute Gasteiger partial charge is 0.228 e. The molecule has 4 nitrogen and oxygen atoms in total. The maximum atomic E-state index is 8.01. The average Bonchev–Trinajstić information content (AvgIpc) is 2.05. The van der Waals surface area contributed by atoms with Crippen LogP contribution >= 0.6 is 0 Å². The molecule has 0 atom stereocenters. The predicted octanol–water partition coefficient (Wildman–Crippen LogP) is 2.22.